The number of anilines is 1. The molecule has 1 fully saturated rings. The highest BCUT2D eigenvalue weighted by atomic mass is 19.1. The van der Waals surface area contributed by atoms with Crippen LogP contribution in [-0.2, 0) is 4.74 Å². The average Bonchev–Trinajstić information content (AvgIpc) is 3.31. The molecule has 3 aromatic rings. The van der Waals surface area contributed by atoms with Crippen molar-refractivity contribution < 1.29 is 13.9 Å². The Morgan fingerprint density at radius 2 is 1.88 bits per heavy atom. The molecule has 2 aromatic carbocycles. The molecule has 1 aromatic heterocycles. The van der Waals surface area contributed by atoms with Crippen molar-refractivity contribution in [2.24, 2.45) is 0 Å². The Hall–Kier alpha value is -2.79. The molecule has 128 valence electrons. The number of methoxy groups -OCH3 is 1. The summed E-state index contributed by atoms with van der Waals surface area (Å²) in [6.07, 6.45) is 3.81. The largest absolute Gasteiger partial charge is 0.495 e. The molecule has 1 aliphatic heterocycles. The van der Waals surface area contributed by atoms with Gasteiger partial charge in [-0.2, -0.15) is 0 Å². The second-order valence-electron chi connectivity index (χ2n) is 5.92. The predicted octanol–water partition coefficient (Wildman–Crippen LogP) is 4.16. The molecule has 25 heavy (non-hydrogen) atoms. The lowest BCUT2D eigenvalue weighted by atomic mass is 10.2. The second-order valence-corrected chi connectivity index (χ2v) is 5.92. The minimum Gasteiger partial charge on any atom is -0.495 e. The van der Waals surface area contributed by atoms with Gasteiger partial charge in [0, 0.05) is 30.2 Å². The fraction of sp³-hybridized carbons (Fsp3) is 0.200. The van der Waals surface area contributed by atoms with Crippen molar-refractivity contribution in [1.82, 2.24) is 4.57 Å². The van der Waals surface area contributed by atoms with E-state index in [1.807, 2.05) is 47.3 Å². The standard InChI is InChI=1S/C20H19FN2O2/c1-24-19-5-3-2-4-18(19)23-12-13-25-20(23)15-10-11-22(14-15)17-8-6-16(21)7-9-17/h2-11,14,20H,12-13H2,1H3/t20-/m0/s1. The smallest absolute Gasteiger partial charge is 0.158 e. The number of ether oxygens (including phenoxy) is 2. The molecule has 4 nitrogen and oxygen atoms in total. The molecule has 5 heteroatoms. The summed E-state index contributed by atoms with van der Waals surface area (Å²) < 4.78 is 26.5. The molecule has 0 N–H and O–H groups in total. The molecule has 1 saturated heterocycles. The first kappa shape index (κ1) is 15.7. The third-order valence-corrected chi connectivity index (χ3v) is 4.41. The van der Waals surface area contributed by atoms with Gasteiger partial charge < -0.3 is 18.9 Å². The molecule has 0 spiro atoms. The summed E-state index contributed by atoms with van der Waals surface area (Å²) in [5, 5.41) is 0. The van der Waals surface area contributed by atoms with Crippen LogP contribution >= 0.6 is 0 Å². The molecular weight excluding hydrogens is 319 g/mol. The quantitative estimate of drug-likeness (QED) is 0.715. The zero-order valence-electron chi connectivity index (χ0n) is 13.9. The highest BCUT2D eigenvalue weighted by Gasteiger charge is 2.29. The zero-order chi connectivity index (χ0) is 17.2. The topological polar surface area (TPSA) is 26.6 Å². The van der Waals surface area contributed by atoms with Crippen LogP contribution in [0.15, 0.2) is 67.0 Å². The fourth-order valence-corrected chi connectivity index (χ4v) is 3.19. The minimum atomic E-state index is -0.238. The average molecular weight is 338 g/mol. The first-order valence-corrected chi connectivity index (χ1v) is 8.21. The van der Waals surface area contributed by atoms with Gasteiger partial charge in [-0.25, -0.2) is 4.39 Å². The molecule has 1 aliphatic rings. The van der Waals surface area contributed by atoms with Gasteiger partial charge in [0.1, 0.15) is 11.6 Å². The van der Waals surface area contributed by atoms with Crippen molar-refractivity contribution in [2.75, 3.05) is 25.2 Å². The molecule has 0 amide bonds. The maximum Gasteiger partial charge on any atom is 0.158 e. The highest BCUT2D eigenvalue weighted by Crippen LogP contribution is 2.37. The van der Waals surface area contributed by atoms with E-state index < -0.39 is 0 Å². The van der Waals surface area contributed by atoms with E-state index in [-0.39, 0.29) is 12.0 Å². The van der Waals surface area contributed by atoms with Gasteiger partial charge in [-0.15, -0.1) is 0 Å². The third kappa shape index (κ3) is 2.98. The van der Waals surface area contributed by atoms with Crippen molar-refractivity contribution in [1.29, 1.82) is 0 Å². The van der Waals surface area contributed by atoms with Gasteiger partial charge in [-0.05, 0) is 42.5 Å². The van der Waals surface area contributed by atoms with Gasteiger partial charge >= 0.3 is 0 Å². The van der Waals surface area contributed by atoms with Crippen LogP contribution in [-0.4, -0.2) is 24.8 Å². The molecule has 0 unspecified atom stereocenters. The van der Waals surface area contributed by atoms with Gasteiger partial charge in [0.2, 0.25) is 0 Å². The van der Waals surface area contributed by atoms with Crippen LogP contribution in [0.4, 0.5) is 10.1 Å². The van der Waals surface area contributed by atoms with Gasteiger partial charge in [-0.3, -0.25) is 0 Å². The van der Waals surface area contributed by atoms with Crippen molar-refractivity contribution in [3.05, 3.63) is 78.4 Å². The number of rotatable bonds is 4. The summed E-state index contributed by atoms with van der Waals surface area (Å²) >= 11 is 0. The van der Waals surface area contributed by atoms with E-state index in [1.54, 1.807) is 19.2 Å². The van der Waals surface area contributed by atoms with E-state index in [2.05, 4.69) is 4.90 Å². The minimum absolute atomic E-state index is 0.169. The van der Waals surface area contributed by atoms with Crippen LogP contribution < -0.4 is 9.64 Å². The lowest BCUT2D eigenvalue weighted by Gasteiger charge is -2.26. The van der Waals surface area contributed by atoms with Crippen LogP contribution in [0.1, 0.15) is 11.8 Å². The molecule has 1 atom stereocenters. The molecular formula is C20H19FN2O2. The summed E-state index contributed by atoms with van der Waals surface area (Å²) in [7, 11) is 1.68. The van der Waals surface area contributed by atoms with Crippen molar-refractivity contribution >= 4 is 5.69 Å². The van der Waals surface area contributed by atoms with Gasteiger partial charge in [-0.1, -0.05) is 12.1 Å². The number of benzene rings is 2. The molecule has 2 heterocycles. The second kappa shape index (κ2) is 6.61. The number of nitrogens with zero attached hydrogens (tertiary/aromatic N) is 2. The summed E-state index contributed by atoms with van der Waals surface area (Å²) in [5.41, 5.74) is 2.98. The van der Waals surface area contributed by atoms with Crippen LogP contribution in [0.25, 0.3) is 5.69 Å². The maximum atomic E-state index is 13.1. The van der Waals surface area contributed by atoms with Gasteiger partial charge in [0.15, 0.2) is 6.23 Å². The Bertz CT molecular complexity index is 860. The lowest BCUT2D eigenvalue weighted by Crippen LogP contribution is -2.23. The summed E-state index contributed by atoms with van der Waals surface area (Å²) in [4.78, 5) is 2.20. The Morgan fingerprint density at radius 3 is 2.68 bits per heavy atom. The lowest BCUT2D eigenvalue weighted by molar-refractivity contribution is 0.113. The summed E-state index contributed by atoms with van der Waals surface area (Å²) in [6.45, 7) is 1.46. The van der Waals surface area contributed by atoms with E-state index in [0.29, 0.717) is 6.61 Å². The number of para-hydroxylation sites is 2. The van der Waals surface area contributed by atoms with E-state index in [9.17, 15) is 4.39 Å². The number of halogens is 1. The van der Waals surface area contributed by atoms with Gasteiger partial charge in [0.05, 0.1) is 19.4 Å². The number of hydrogen-bond donors (Lipinski definition) is 0. The van der Waals surface area contributed by atoms with Crippen molar-refractivity contribution in [2.45, 2.75) is 6.23 Å². The van der Waals surface area contributed by atoms with Crippen LogP contribution in [0.2, 0.25) is 0 Å². The van der Waals surface area contributed by atoms with Crippen LogP contribution in [0, 0.1) is 5.82 Å². The molecule has 0 radical (unpaired) electrons. The zero-order valence-corrected chi connectivity index (χ0v) is 13.9. The first-order chi connectivity index (χ1) is 12.3. The Morgan fingerprint density at radius 1 is 1.08 bits per heavy atom. The monoisotopic (exact) mass is 338 g/mol. The molecule has 0 bridgehead atoms. The van der Waals surface area contributed by atoms with E-state index >= 15 is 0 Å². The predicted molar refractivity (Wildman–Crippen MR) is 94.8 cm³/mol. The van der Waals surface area contributed by atoms with Crippen LogP contribution in [0.5, 0.6) is 5.75 Å². The summed E-state index contributed by atoms with van der Waals surface area (Å²) in [5.74, 6) is 0.591. The van der Waals surface area contributed by atoms with Crippen molar-refractivity contribution in [3.8, 4) is 11.4 Å². The highest BCUT2D eigenvalue weighted by molar-refractivity contribution is 5.60. The van der Waals surface area contributed by atoms with E-state index in [4.69, 9.17) is 9.47 Å². The van der Waals surface area contributed by atoms with Crippen LogP contribution in [0.3, 0.4) is 0 Å². The Kier molecular flexibility index (Phi) is 4.15. The fourth-order valence-electron chi connectivity index (χ4n) is 3.19. The van der Waals surface area contributed by atoms with E-state index in [0.717, 1.165) is 29.2 Å². The molecule has 0 aliphatic carbocycles. The normalized spacial score (nSPS) is 17.0. The SMILES string of the molecule is COc1ccccc1N1CCO[C@H]1c1ccn(-c2ccc(F)cc2)c1. The number of aromatic nitrogens is 1. The maximum absolute atomic E-state index is 13.1. The molecule has 0 saturated carbocycles. The van der Waals surface area contributed by atoms with Gasteiger partial charge in [0.25, 0.3) is 0 Å². The summed E-state index contributed by atoms with van der Waals surface area (Å²) in [6, 6.07) is 16.4. The Balaban J connectivity index is 1.64. The molecule has 4 rings (SSSR count). The number of hydrogen-bond acceptors (Lipinski definition) is 3. The first-order valence-electron chi connectivity index (χ1n) is 8.21. The third-order valence-electron chi connectivity index (χ3n) is 4.41. The van der Waals surface area contributed by atoms with Crippen molar-refractivity contribution in [3.63, 3.8) is 0 Å². The Labute approximate surface area is 146 Å². The van der Waals surface area contributed by atoms with E-state index in [1.165, 1.54) is 12.1 Å².